The van der Waals surface area contributed by atoms with Crippen molar-refractivity contribution in [2.45, 2.75) is 17.7 Å². The van der Waals surface area contributed by atoms with Gasteiger partial charge in [0.1, 0.15) is 5.82 Å². The summed E-state index contributed by atoms with van der Waals surface area (Å²) in [6.07, 6.45) is 0. The van der Waals surface area contributed by atoms with Crippen LogP contribution < -0.4 is 4.31 Å². The van der Waals surface area contributed by atoms with Gasteiger partial charge in [0, 0.05) is 12.9 Å². The van der Waals surface area contributed by atoms with Crippen LogP contribution in [0.1, 0.15) is 11.1 Å². The normalized spacial score (nSPS) is 11.4. The van der Waals surface area contributed by atoms with Crippen molar-refractivity contribution in [3.63, 3.8) is 0 Å². The third-order valence-corrected chi connectivity index (χ3v) is 5.36. The first-order chi connectivity index (χ1) is 9.86. The van der Waals surface area contributed by atoms with Gasteiger partial charge in [0.2, 0.25) is 0 Å². The summed E-state index contributed by atoms with van der Waals surface area (Å²) in [5.74, 6) is -0.251. The van der Waals surface area contributed by atoms with Crippen LogP contribution in [0.25, 0.3) is 0 Å². The number of sulfonamides is 1. The second kappa shape index (κ2) is 6.03. The van der Waals surface area contributed by atoms with Gasteiger partial charge in [0.15, 0.2) is 0 Å². The number of hydrogen-bond acceptors (Lipinski definition) is 2. The molecule has 0 amide bonds. The van der Waals surface area contributed by atoms with E-state index in [1.807, 2.05) is 6.92 Å². The first-order valence-corrected chi connectivity index (χ1v) is 8.23. The summed E-state index contributed by atoms with van der Waals surface area (Å²) in [5, 5.41) is 0. The average Bonchev–Trinajstić information content (AvgIpc) is 2.46. The third kappa shape index (κ3) is 3.19. The molecular weight excluding hydrogens is 313 g/mol. The molecule has 0 bridgehead atoms. The van der Waals surface area contributed by atoms with E-state index in [2.05, 4.69) is 0 Å². The standard InChI is InChI=1S/C15H15ClFNO2S/c1-11-6-7-15(8-12(11)10-16)21(19,20)18(2)14-5-3-4-13(17)9-14/h3-9H,10H2,1-2H3. The van der Waals surface area contributed by atoms with Gasteiger partial charge in [0.25, 0.3) is 10.0 Å². The Hall–Kier alpha value is -1.59. The molecule has 0 radical (unpaired) electrons. The van der Waals surface area contributed by atoms with E-state index >= 15 is 0 Å². The molecule has 0 fully saturated rings. The Bertz CT molecular complexity index is 762. The van der Waals surface area contributed by atoms with Crippen molar-refractivity contribution in [3.05, 3.63) is 59.4 Å². The molecule has 0 aromatic heterocycles. The van der Waals surface area contributed by atoms with Gasteiger partial charge in [-0.2, -0.15) is 0 Å². The molecule has 0 atom stereocenters. The van der Waals surface area contributed by atoms with E-state index in [9.17, 15) is 12.8 Å². The number of aryl methyl sites for hydroxylation is 1. The van der Waals surface area contributed by atoms with E-state index in [0.717, 1.165) is 15.4 Å². The summed E-state index contributed by atoms with van der Waals surface area (Å²) in [5.41, 5.74) is 1.95. The smallest absolute Gasteiger partial charge is 0.264 e. The maximum absolute atomic E-state index is 13.3. The Kier molecular flexibility index (Phi) is 4.54. The van der Waals surface area contributed by atoms with E-state index in [1.165, 1.54) is 37.4 Å². The molecule has 0 spiro atoms. The lowest BCUT2D eigenvalue weighted by Crippen LogP contribution is -2.26. The van der Waals surface area contributed by atoms with Crippen LogP contribution in [0, 0.1) is 12.7 Å². The number of rotatable bonds is 4. The Labute approximate surface area is 129 Å². The van der Waals surface area contributed by atoms with E-state index in [-0.39, 0.29) is 16.5 Å². The van der Waals surface area contributed by atoms with Gasteiger partial charge in [-0.25, -0.2) is 12.8 Å². The van der Waals surface area contributed by atoms with Crippen LogP contribution in [0.3, 0.4) is 0 Å². The number of anilines is 1. The number of halogens is 2. The fourth-order valence-corrected chi connectivity index (χ4v) is 3.45. The van der Waals surface area contributed by atoms with Crippen molar-refractivity contribution in [2.75, 3.05) is 11.4 Å². The van der Waals surface area contributed by atoms with E-state index in [1.54, 1.807) is 12.1 Å². The molecule has 0 aliphatic rings. The van der Waals surface area contributed by atoms with Crippen LogP contribution >= 0.6 is 11.6 Å². The Morgan fingerprint density at radius 3 is 2.52 bits per heavy atom. The predicted octanol–water partition coefficient (Wildman–Crippen LogP) is 3.70. The Morgan fingerprint density at radius 1 is 1.19 bits per heavy atom. The minimum Gasteiger partial charge on any atom is -0.269 e. The molecule has 2 rings (SSSR count). The van der Waals surface area contributed by atoms with Crippen LogP contribution in [-0.4, -0.2) is 15.5 Å². The zero-order valence-corrected chi connectivity index (χ0v) is 13.2. The fourth-order valence-electron chi connectivity index (χ4n) is 1.92. The molecule has 3 nitrogen and oxygen atoms in total. The second-order valence-electron chi connectivity index (χ2n) is 4.67. The molecule has 0 heterocycles. The first-order valence-electron chi connectivity index (χ1n) is 6.26. The summed E-state index contributed by atoms with van der Waals surface area (Å²) >= 11 is 5.81. The number of hydrogen-bond donors (Lipinski definition) is 0. The summed E-state index contributed by atoms with van der Waals surface area (Å²) in [4.78, 5) is 0.135. The number of benzene rings is 2. The highest BCUT2D eigenvalue weighted by atomic mass is 35.5. The van der Waals surface area contributed by atoms with Gasteiger partial charge in [-0.3, -0.25) is 4.31 Å². The summed E-state index contributed by atoms with van der Waals surface area (Å²) in [6.45, 7) is 1.87. The fraction of sp³-hybridized carbons (Fsp3) is 0.200. The summed E-state index contributed by atoms with van der Waals surface area (Å²) < 4.78 is 39.5. The molecule has 0 N–H and O–H groups in total. The van der Waals surface area contributed by atoms with Crippen LogP contribution in [0.4, 0.5) is 10.1 Å². The van der Waals surface area contributed by atoms with Crippen molar-refractivity contribution in [2.24, 2.45) is 0 Å². The highest BCUT2D eigenvalue weighted by Gasteiger charge is 2.22. The van der Waals surface area contributed by atoms with Gasteiger partial charge in [-0.1, -0.05) is 12.1 Å². The summed E-state index contributed by atoms with van der Waals surface area (Å²) in [6, 6.07) is 10.2. The largest absolute Gasteiger partial charge is 0.269 e. The van der Waals surface area contributed by atoms with Crippen LogP contribution in [0.5, 0.6) is 0 Å². The lowest BCUT2D eigenvalue weighted by atomic mass is 10.1. The molecule has 112 valence electrons. The molecule has 0 aliphatic carbocycles. The molecule has 2 aromatic rings. The number of alkyl halides is 1. The maximum Gasteiger partial charge on any atom is 0.264 e. The first kappa shape index (κ1) is 15.8. The molecular formula is C15H15ClFNO2S. The van der Waals surface area contributed by atoms with Crippen molar-refractivity contribution in [1.82, 2.24) is 0 Å². The topological polar surface area (TPSA) is 37.4 Å². The number of nitrogens with zero attached hydrogens (tertiary/aromatic N) is 1. The summed E-state index contributed by atoms with van der Waals surface area (Å²) in [7, 11) is -2.36. The molecule has 0 saturated carbocycles. The Morgan fingerprint density at radius 2 is 1.90 bits per heavy atom. The maximum atomic E-state index is 13.3. The van der Waals surface area contributed by atoms with Gasteiger partial charge in [-0.15, -0.1) is 11.6 Å². The Balaban J connectivity index is 2.46. The highest BCUT2D eigenvalue weighted by molar-refractivity contribution is 7.92. The van der Waals surface area contributed by atoms with Crippen molar-refractivity contribution >= 4 is 27.3 Å². The van der Waals surface area contributed by atoms with E-state index in [0.29, 0.717) is 0 Å². The quantitative estimate of drug-likeness (QED) is 0.803. The van der Waals surface area contributed by atoms with Crippen LogP contribution in [0.2, 0.25) is 0 Å². The highest BCUT2D eigenvalue weighted by Crippen LogP contribution is 2.24. The zero-order valence-electron chi connectivity index (χ0n) is 11.7. The van der Waals surface area contributed by atoms with E-state index < -0.39 is 15.8 Å². The van der Waals surface area contributed by atoms with Gasteiger partial charge >= 0.3 is 0 Å². The van der Waals surface area contributed by atoms with Crippen LogP contribution in [0.15, 0.2) is 47.4 Å². The minimum atomic E-state index is -3.75. The lowest BCUT2D eigenvalue weighted by Gasteiger charge is -2.20. The van der Waals surface area contributed by atoms with E-state index in [4.69, 9.17) is 11.6 Å². The zero-order chi connectivity index (χ0) is 15.6. The molecule has 0 unspecified atom stereocenters. The minimum absolute atomic E-state index is 0.135. The monoisotopic (exact) mass is 327 g/mol. The van der Waals surface area contributed by atoms with Gasteiger partial charge in [-0.05, 0) is 48.4 Å². The average molecular weight is 328 g/mol. The van der Waals surface area contributed by atoms with Crippen molar-refractivity contribution in [1.29, 1.82) is 0 Å². The SMILES string of the molecule is Cc1ccc(S(=O)(=O)N(C)c2cccc(F)c2)cc1CCl. The predicted molar refractivity (Wildman–Crippen MR) is 82.7 cm³/mol. The molecule has 6 heteroatoms. The molecule has 0 aliphatic heterocycles. The third-order valence-electron chi connectivity index (χ3n) is 3.29. The molecule has 2 aromatic carbocycles. The van der Waals surface area contributed by atoms with Gasteiger partial charge < -0.3 is 0 Å². The van der Waals surface area contributed by atoms with Crippen LogP contribution in [-0.2, 0) is 15.9 Å². The van der Waals surface area contributed by atoms with Gasteiger partial charge in [0.05, 0.1) is 10.6 Å². The second-order valence-corrected chi connectivity index (χ2v) is 6.91. The lowest BCUT2D eigenvalue weighted by molar-refractivity contribution is 0.594. The van der Waals surface area contributed by atoms with Crippen molar-refractivity contribution in [3.8, 4) is 0 Å². The molecule has 21 heavy (non-hydrogen) atoms. The molecule has 0 saturated heterocycles. The van der Waals surface area contributed by atoms with Crippen molar-refractivity contribution < 1.29 is 12.8 Å².